The molecule has 128 valence electrons. The van der Waals surface area contributed by atoms with Crippen LogP contribution in [0.2, 0.25) is 0 Å². The molecule has 3 heterocycles. The van der Waals surface area contributed by atoms with Gasteiger partial charge >= 0.3 is 0 Å². The highest BCUT2D eigenvalue weighted by Gasteiger charge is 2.25. The summed E-state index contributed by atoms with van der Waals surface area (Å²) in [5, 5.41) is 7.29. The molecule has 0 aromatic carbocycles. The summed E-state index contributed by atoms with van der Waals surface area (Å²) >= 11 is 1.37. The van der Waals surface area contributed by atoms with E-state index in [0.717, 1.165) is 22.1 Å². The van der Waals surface area contributed by atoms with Crippen molar-refractivity contribution in [3.63, 3.8) is 0 Å². The second-order valence-corrected chi connectivity index (χ2v) is 6.52. The van der Waals surface area contributed by atoms with Gasteiger partial charge in [-0.05, 0) is 25.4 Å². The van der Waals surface area contributed by atoms with Gasteiger partial charge in [0.1, 0.15) is 17.7 Å². The number of aromatic nitrogens is 4. The van der Waals surface area contributed by atoms with Gasteiger partial charge in [0, 0.05) is 19.5 Å². The fourth-order valence-electron chi connectivity index (χ4n) is 2.54. The lowest BCUT2D eigenvalue weighted by atomic mass is 10.2. The molecule has 1 aliphatic heterocycles. The maximum absolute atomic E-state index is 11.6. The summed E-state index contributed by atoms with van der Waals surface area (Å²) in [4.78, 5) is 23.3. The molecule has 3 rings (SSSR count). The molecule has 0 aliphatic carbocycles. The molecule has 2 aromatic heterocycles. The first-order valence-corrected chi connectivity index (χ1v) is 8.54. The van der Waals surface area contributed by atoms with E-state index < -0.39 is 0 Å². The third-order valence-corrected chi connectivity index (χ3v) is 4.70. The van der Waals surface area contributed by atoms with Crippen molar-refractivity contribution >= 4 is 23.3 Å². The normalized spacial score (nSPS) is 17.8. The molecule has 1 amide bonds. The summed E-state index contributed by atoms with van der Waals surface area (Å²) in [6.07, 6.45) is -0.225. The van der Waals surface area contributed by atoms with Crippen LogP contribution in [0.15, 0.2) is 6.07 Å². The third kappa shape index (κ3) is 3.85. The minimum atomic E-state index is -0.225. The summed E-state index contributed by atoms with van der Waals surface area (Å²) in [5.74, 6) is 1.45. The zero-order valence-corrected chi connectivity index (χ0v) is 14.8. The maximum Gasteiger partial charge on any atom is 0.219 e. The van der Waals surface area contributed by atoms with Crippen LogP contribution in [0.1, 0.15) is 35.1 Å². The number of carbonyl (C=O) groups excluding carboxylic acids is 1. The second kappa shape index (κ2) is 7.18. The zero-order valence-electron chi connectivity index (χ0n) is 13.9. The molecule has 2 aromatic rings. The van der Waals surface area contributed by atoms with Gasteiger partial charge in [0.2, 0.25) is 5.91 Å². The molecule has 0 radical (unpaired) electrons. The van der Waals surface area contributed by atoms with E-state index in [2.05, 4.69) is 24.9 Å². The Labute approximate surface area is 144 Å². The van der Waals surface area contributed by atoms with Gasteiger partial charge in [-0.2, -0.15) is 0 Å². The highest BCUT2D eigenvalue weighted by molar-refractivity contribution is 7.05. The first-order chi connectivity index (χ1) is 11.5. The number of aryl methyl sites for hydroxylation is 2. The summed E-state index contributed by atoms with van der Waals surface area (Å²) in [6, 6.07) is 1.88. The van der Waals surface area contributed by atoms with Crippen molar-refractivity contribution in [2.24, 2.45) is 0 Å². The molecular weight excluding hydrogens is 328 g/mol. The number of hydrogen-bond donors (Lipinski definition) is 1. The molecule has 1 aliphatic rings. The molecule has 1 atom stereocenters. The first kappa shape index (κ1) is 16.7. The van der Waals surface area contributed by atoms with Crippen molar-refractivity contribution in [1.82, 2.24) is 24.5 Å². The summed E-state index contributed by atoms with van der Waals surface area (Å²) in [7, 11) is 0. The minimum absolute atomic E-state index is 0.0561. The van der Waals surface area contributed by atoms with Gasteiger partial charge in [-0.15, -0.1) is 5.10 Å². The summed E-state index contributed by atoms with van der Waals surface area (Å²) < 4.78 is 9.72. The Morgan fingerprint density at radius 2 is 2.29 bits per heavy atom. The molecule has 1 unspecified atom stereocenters. The van der Waals surface area contributed by atoms with E-state index in [1.165, 1.54) is 11.5 Å². The summed E-state index contributed by atoms with van der Waals surface area (Å²) in [5.41, 5.74) is 1.71. The van der Waals surface area contributed by atoms with Crippen molar-refractivity contribution in [1.29, 1.82) is 0 Å². The van der Waals surface area contributed by atoms with Crippen LogP contribution in [0, 0.1) is 13.8 Å². The summed E-state index contributed by atoms with van der Waals surface area (Å²) in [6.45, 7) is 7.63. The molecule has 8 nitrogen and oxygen atoms in total. The predicted octanol–water partition coefficient (Wildman–Crippen LogP) is 1.48. The smallest absolute Gasteiger partial charge is 0.219 e. The van der Waals surface area contributed by atoms with Crippen molar-refractivity contribution < 1.29 is 9.53 Å². The van der Waals surface area contributed by atoms with Crippen LogP contribution in [0.5, 0.6) is 0 Å². The quantitative estimate of drug-likeness (QED) is 0.894. The SMILES string of the molecule is CC(=O)N1CCOC(c2cc(NCc3snnc3C)nc(C)n2)C1. The Kier molecular flexibility index (Phi) is 5.00. The lowest BCUT2D eigenvalue weighted by molar-refractivity contribution is -0.136. The second-order valence-electron chi connectivity index (χ2n) is 5.68. The highest BCUT2D eigenvalue weighted by Crippen LogP contribution is 2.23. The minimum Gasteiger partial charge on any atom is -0.368 e. The van der Waals surface area contributed by atoms with Gasteiger partial charge in [-0.3, -0.25) is 4.79 Å². The number of hydrogen-bond acceptors (Lipinski definition) is 8. The average molecular weight is 348 g/mol. The van der Waals surface area contributed by atoms with Gasteiger partial charge in [0.05, 0.1) is 36.0 Å². The molecule has 9 heteroatoms. The molecule has 0 bridgehead atoms. The van der Waals surface area contributed by atoms with Crippen molar-refractivity contribution in [2.45, 2.75) is 33.4 Å². The van der Waals surface area contributed by atoms with E-state index in [-0.39, 0.29) is 12.0 Å². The molecule has 0 saturated carbocycles. The van der Waals surface area contributed by atoms with E-state index in [9.17, 15) is 4.79 Å². The molecule has 0 spiro atoms. The molecule has 1 N–H and O–H groups in total. The van der Waals surface area contributed by atoms with Crippen LogP contribution < -0.4 is 5.32 Å². The number of carbonyl (C=O) groups is 1. The highest BCUT2D eigenvalue weighted by atomic mass is 32.1. The fourth-order valence-corrected chi connectivity index (χ4v) is 3.12. The number of morpholine rings is 1. The topological polar surface area (TPSA) is 93.1 Å². The average Bonchev–Trinajstić information content (AvgIpc) is 2.97. The monoisotopic (exact) mass is 348 g/mol. The van der Waals surface area contributed by atoms with Crippen LogP contribution in [0.25, 0.3) is 0 Å². The molecule has 1 fully saturated rings. The number of amides is 1. The maximum atomic E-state index is 11.6. The third-order valence-electron chi connectivity index (χ3n) is 3.87. The van der Waals surface area contributed by atoms with E-state index in [0.29, 0.717) is 32.1 Å². The first-order valence-electron chi connectivity index (χ1n) is 7.77. The van der Waals surface area contributed by atoms with E-state index in [1.807, 2.05) is 19.9 Å². The van der Waals surface area contributed by atoms with Crippen molar-refractivity contribution in [2.75, 3.05) is 25.0 Å². The van der Waals surface area contributed by atoms with Gasteiger partial charge in [0.15, 0.2) is 0 Å². The van der Waals surface area contributed by atoms with E-state index in [1.54, 1.807) is 11.8 Å². The lowest BCUT2D eigenvalue weighted by Gasteiger charge is -2.32. The van der Waals surface area contributed by atoms with Crippen molar-refractivity contribution in [3.8, 4) is 0 Å². The van der Waals surface area contributed by atoms with Crippen LogP contribution in [-0.2, 0) is 16.1 Å². The number of nitrogens with one attached hydrogen (secondary N) is 1. The van der Waals surface area contributed by atoms with E-state index in [4.69, 9.17) is 4.74 Å². The molecule has 24 heavy (non-hydrogen) atoms. The Bertz CT molecular complexity index is 735. The number of anilines is 1. The Hall–Kier alpha value is -2.13. The Balaban J connectivity index is 1.73. The number of nitrogens with zero attached hydrogens (tertiary/aromatic N) is 5. The van der Waals surface area contributed by atoms with Crippen LogP contribution in [-0.4, -0.2) is 50.1 Å². The van der Waals surface area contributed by atoms with Crippen LogP contribution in [0.3, 0.4) is 0 Å². The van der Waals surface area contributed by atoms with Crippen LogP contribution >= 0.6 is 11.5 Å². The number of rotatable bonds is 4. The van der Waals surface area contributed by atoms with Gasteiger partial charge in [0.25, 0.3) is 0 Å². The lowest BCUT2D eigenvalue weighted by Crippen LogP contribution is -2.41. The Morgan fingerprint density at radius 3 is 3.00 bits per heavy atom. The standard InChI is InChI=1S/C15H20N6O2S/c1-9-14(24-20-19-9)7-16-15-6-12(17-10(2)18-15)13-8-21(11(3)22)4-5-23-13/h6,13H,4-5,7-8H2,1-3H3,(H,16,17,18). The predicted molar refractivity (Wildman–Crippen MR) is 89.7 cm³/mol. The largest absolute Gasteiger partial charge is 0.368 e. The fraction of sp³-hybridized carbons (Fsp3) is 0.533. The number of ether oxygens (including phenoxy) is 1. The molecule has 1 saturated heterocycles. The van der Waals surface area contributed by atoms with Crippen LogP contribution in [0.4, 0.5) is 5.82 Å². The Morgan fingerprint density at radius 1 is 1.46 bits per heavy atom. The van der Waals surface area contributed by atoms with Gasteiger partial charge < -0.3 is 15.0 Å². The zero-order chi connectivity index (χ0) is 17.1. The van der Waals surface area contributed by atoms with E-state index >= 15 is 0 Å². The van der Waals surface area contributed by atoms with Gasteiger partial charge in [-0.25, -0.2) is 9.97 Å². The van der Waals surface area contributed by atoms with Gasteiger partial charge in [-0.1, -0.05) is 4.49 Å². The van der Waals surface area contributed by atoms with Crippen molar-refractivity contribution in [3.05, 3.63) is 28.2 Å². The molecular formula is C15H20N6O2S.